The molecule has 0 amide bonds. The van der Waals surface area contributed by atoms with Gasteiger partial charge in [-0.1, -0.05) is 36.0 Å². The highest BCUT2D eigenvalue weighted by Gasteiger charge is 2.38. The summed E-state index contributed by atoms with van der Waals surface area (Å²) in [6.45, 7) is 4.18. The second-order valence-corrected chi connectivity index (χ2v) is 5.23. The molecule has 0 saturated heterocycles. The number of hydrogen-bond donors (Lipinski definition) is 0. The van der Waals surface area contributed by atoms with Gasteiger partial charge in [0.25, 0.3) is 0 Å². The van der Waals surface area contributed by atoms with Crippen LogP contribution in [0.1, 0.15) is 19.4 Å². The Hall–Kier alpha value is -0.930. The van der Waals surface area contributed by atoms with Crippen LogP contribution in [0.2, 0.25) is 5.02 Å². The number of hydrogen-bond acceptors (Lipinski definition) is 2. The predicted molar refractivity (Wildman–Crippen MR) is 72.1 cm³/mol. The van der Waals surface area contributed by atoms with Crippen LogP contribution in [0.5, 0.6) is 0 Å². The first-order chi connectivity index (χ1) is 7.43. The Labute approximate surface area is 106 Å². The molecule has 0 N–H and O–H groups in total. The minimum atomic E-state index is -0.197. The lowest BCUT2D eigenvalue weighted by molar-refractivity contribution is 0.546. The van der Waals surface area contributed by atoms with E-state index in [1.807, 2.05) is 31.3 Å². The summed E-state index contributed by atoms with van der Waals surface area (Å²) < 4.78 is 0. The topological polar surface area (TPSA) is 15.6 Å². The molecule has 0 atom stereocenters. The maximum atomic E-state index is 5.87. The third-order valence-corrected chi connectivity index (χ3v) is 3.81. The fraction of sp³-hybridized carbons (Fsp3) is 0.333. The largest absolute Gasteiger partial charge is 0.261 e. The van der Waals surface area contributed by atoms with Crippen molar-refractivity contribution in [1.82, 2.24) is 5.01 Å². The summed E-state index contributed by atoms with van der Waals surface area (Å²) in [6, 6.07) is 7.70. The Morgan fingerprint density at radius 1 is 1.25 bits per heavy atom. The number of nitrogens with zero attached hydrogens (tertiary/aromatic N) is 2. The molecular weight excluding hydrogens is 240 g/mol. The van der Waals surface area contributed by atoms with Gasteiger partial charge in [-0.3, -0.25) is 5.01 Å². The van der Waals surface area contributed by atoms with Gasteiger partial charge >= 0.3 is 0 Å². The lowest BCUT2D eigenvalue weighted by Crippen LogP contribution is -2.31. The minimum Gasteiger partial charge on any atom is -0.261 e. The second kappa shape index (κ2) is 3.82. The summed E-state index contributed by atoms with van der Waals surface area (Å²) in [6.07, 6.45) is 0. The van der Waals surface area contributed by atoms with Crippen molar-refractivity contribution in [1.29, 1.82) is 0 Å². The first-order valence-corrected chi connectivity index (χ1v) is 5.85. The molecule has 0 saturated carbocycles. The van der Waals surface area contributed by atoms with Gasteiger partial charge < -0.3 is 0 Å². The van der Waals surface area contributed by atoms with Crippen molar-refractivity contribution in [3.8, 4) is 0 Å². The monoisotopic (exact) mass is 252 g/mol. The maximum Gasteiger partial charge on any atom is 0.111 e. The second-order valence-electron chi connectivity index (χ2n) is 4.41. The molecule has 1 aliphatic heterocycles. The molecule has 1 aromatic carbocycles. The Morgan fingerprint density at radius 2 is 1.81 bits per heavy atom. The third kappa shape index (κ3) is 1.74. The van der Waals surface area contributed by atoms with E-state index in [2.05, 4.69) is 18.9 Å². The fourth-order valence-corrected chi connectivity index (χ4v) is 2.12. The fourth-order valence-electron chi connectivity index (χ4n) is 1.85. The molecule has 0 aromatic heterocycles. The molecule has 0 radical (unpaired) electrons. The van der Waals surface area contributed by atoms with Gasteiger partial charge in [-0.25, -0.2) is 0 Å². The van der Waals surface area contributed by atoms with E-state index >= 15 is 0 Å². The van der Waals surface area contributed by atoms with E-state index in [0.29, 0.717) is 0 Å². The Balaban J connectivity index is 2.46. The number of thiocarbonyl (C=S) groups is 1. The number of benzene rings is 1. The molecule has 4 heteroatoms. The predicted octanol–water partition coefficient (Wildman–Crippen LogP) is 3.34. The van der Waals surface area contributed by atoms with Crippen LogP contribution in [0.25, 0.3) is 0 Å². The van der Waals surface area contributed by atoms with Crippen LogP contribution in [0, 0.1) is 5.41 Å². The van der Waals surface area contributed by atoms with Crippen LogP contribution in [0.3, 0.4) is 0 Å². The highest BCUT2D eigenvalue weighted by Crippen LogP contribution is 2.32. The summed E-state index contributed by atoms with van der Waals surface area (Å²) >= 11 is 11.2. The molecule has 1 heterocycles. The van der Waals surface area contributed by atoms with Crippen molar-refractivity contribution in [2.45, 2.75) is 13.8 Å². The minimum absolute atomic E-state index is 0.197. The van der Waals surface area contributed by atoms with Gasteiger partial charge in [0, 0.05) is 12.1 Å². The highest BCUT2D eigenvalue weighted by molar-refractivity contribution is 7.80. The van der Waals surface area contributed by atoms with Gasteiger partial charge in [-0.2, -0.15) is 5.10 Å². The molecule has 2 nitrogen and oxygen atoms in total. The van der Waals surface area contributed by atoms with Crippen molar-refractivity contribution >= 4 is 34.5 Å². The molecule has 84 valence electrons. The smallest absolute Gasteiger partial charge is 0.111 e. The van der Waals surface area contributed by atoms with Crippen LogP contribution < -0.4 is 0 Å². The molecule has 16 heavy (non-hydrogen) atoms. The van der Waals surface area contributed by atoms with Crippen molar-refractivity contribution < 1.29 is 0 Å². The summed E-state index contributed by atoms with van der Waals surface area (Å²) in [4.78, 5) is 0.845. The Morgan fingerprint density at radius 3 is 2.25 bits per heavy atom. The van der Waals surface area contributed by atoms with Crippen molar-refractivity contribution in [2.24, 2.45) is 10.5 Å². The lowest BCUT2D eigenvalue weighted by Gasteiger charge is -2.20. The van der Waals surface area contributed by atoms with E-state index in [1.165, 1.54) is 0 Å². The zero-order valence-electron chi connectivity index (χ0n) is 9.49. The van der Waals surface area contributed by atoms with Gasteiger partial charge in [0.15, 0.2) is 0 Å². The van der Waals surface area contributed by atoms with Gasteiger partial charge in [0.1, 0.15) is 4.99 Å². The first-order valence-electron chi connectivity index (χ1n) is 5.06. The first kappa shape index (κ1) is 11.6. The molecule has 0 spiro atoms. The average molecular weight is 253 g/mol. The van der Waals surface area contributed by atoms with E-state index in [-0.39, 0.29) is 5.41 Å². The van der Waals surface area contributed by atoms with Crippen molar-refractivity contribution in [3.63, 3.8) is 0 Å². The van der Waals surface area contributed by atoms with Crippen LogP contribution in [-0.4, -0.2) is 22.8 Å². The van der Waals surface area contributed by atoms with Crippen LogP contribution >= 0.6 is 23.8 Å². The molecule has 0 unspecified atom stereocenters. The summed E-state index contributed by atoms with van der Waals surface area (Å²) in [5.41, 5.74) is 1.87. The normalized spacial score (nSPS) is 18.9. The molecule has 2 rings (SSSR count). The molecule has 0 aliphatic carbocycles. The number of hydrazone groups is 1. The molecule has 1 aromatic rings. The Kier molecular flexibility index (Phi) is 2.76. The van der Waals surface area contributed by atoms with Gasteiger partial charge in [-0.15, -0.1) is 0 Å². The van der Waals surface area contributed by atoms with Gasteiger partial charge in [-0.05, 0) is 31.5 Å². The quantitative estimate of drug-likeness (QED) is 0.713. The SMILES string of the molecule is CN1N=C(c2ccc(Cl)cc2)C(C)(C)C1=S. The van der Waals surface area contributed by atoms with E-state index < -0.39 is 0 Å². The number of rotatable bonds is 1. The number of halogens is 1. The summed E-state index contributed by atoms with van der Waals surface area (Å²) in [5.74, 6) is 0. The van der Waals surface area contributed by atoms with E-state index in [9.17, 15) is 0 Å². The molecular formula is C12H13ClN2S. The Bertz CT molecular complexity index is 462. The zero-order valence-corrected chi connectivity index (χ0v) is 11.1. The van der Waals surface area contributed by atoms with E-state index in [1.54, 1.807) is 5.01 Å². The van der Waals surface area contributed by atoms with Crippen LogP contribution in [-0.2, 0) is 0 Å². The molecule has 1 aliphatic rings. The molecule has 0 bridgehead atoms. The van der Waals surface area contributed by atoms with Crippen LogP contribution in [0.4, 0.5) is 0 Å². The highest BCUT2D eigenvalue weighted by atomic mass is 35.5. The average Bonchev–Trinajstić information content (AvgIpc) is 2.44. The van der Waals surface area contributed by atoms with Crippen molar-refractivity contribution in [3.05, 3.63) is 34.9 Å². The van der Waals surface area contributed by atoms with Gasteiger partial charge in [0.05, 0.1) is 11.1 Å². The standard InChI is InChI=1S/C12H13ClN2S/c1-12(2)10(14-15(3)11(12)16)8-4-6-9(13)7-5-8/h4-7H,1-3H3. The van der Waals surface area contributed by atoms with Crippen LogP contribution in [0.15, 0.2) is 29.4 Å². The maximum absolute atomic E-state index is 5.87. The lowest BCUT2D eigenvalue weighted by atomic mass is 9.84. The van der Waals surface area contributed by atoms with Crippen molar-refractivity contribution in [2.75, 3.05) is 7.05 Å². The van der Waals surface area contributed by atoms with Gasteiger partial charge in [0.2, 0.25) is 0 Å². The summed E-state index contributed by atoms with van der Waals surface area (Å²) in [5, 5.41) is 6.98. The van der Waals surface area contributed by atoms with E-state index in [4.69, 9.17) is 23.8 Å². The summed E-state index contributed by atoms with van der Waals surface area (Å²) in [7, 11) is 1.88. The third-order valence-electron chi connectivity index (χ3n) is 2.79. The zero-order chi connectivity index (χ0) is 11.9. The van der Waals surface area contributed by atoms with E-state index in [0.717, 1.165) is 21.3 Å². The molecule has 0 fully saturated rings.